The first-order valence-corrected chi connectivity index (χ1v) is 5.50. The molecule has 0 aliphatic rings. The van der Waals surface area contributed by atoms with Gasteiger partial charge in [0.05, 0.1) is 24.1 Å². The smallest absolute Gasteiger partial charge is 0.337 e. The van der Waals surface area contributed by atoms with Crippen LogP contribution in [-0.2, 0) is 4.74 Å². The number of ether oxygens (including phenoxy) is 1. The summed E-state index contributed by atoms with van der Waals surface area (Å²) in [5, 5.41) is 9.14. The van der Waals surface area contributed by atoms with Crippen molar-refractivity contribution in [3.63, 3.8) is 0 Å². The van der Waals surface area contributed by atoms with Gasteiger partial charge in [-0.05, 0) is 19.9 Å². The lowest BCUT2D eigenvalue weighted by molar-refractivity contribution is 0.0697. The molecule has 0 unspecified atom stereocenters. The van der Waals surface area contributed by atoms with Crippen LogP contribution in [0.5, 0.6) is 0 Å². The molecule has 0 spiro atoms. The van der Waals surface area contributed by atoms with Crippen molar-refractivity contribution in [2.45, 2.75) is 19.9 Å². The summed E-state index contributed by atoms with van der Waals surface area (Å²) in [5.41, 5.74) is 0.900. The minimum atomic E-state index is -0.939. The van der Waals surface area contributed by atoms with E-state index in [1.54, 1.807) is 13.3 Å². The van der Waals surface area contributed by atoms with Crippen molar-refractivity contribution in [3.05, 3.63) is 24.0 Å². The number of hydrogen-bond donors (Lipinski definition) is 1. The van der Waals surface area contributed by atoms with Gasteiger partial charge in [-0.1, -0.05) is 0 Å². The van der Waals surface area contributed by atoms with Crippen LogP contribution in [0.1, 0.15) is 24.2 Å². The molecule has 0 saturated carbocycles. The van der Waals surface area contributed by atoms with Crippen LogP contribution in [0.15, 0.2) is 18.5 Å². The highest BCUT2D eigenvalue weighted by Crippen LogP contribution is 2.21. The number of aromatic carboxylic acids is 1. The molecule has 0 amide bonds. The molecule has 0 aliphatic carbocycles. The average molecular weight is 238 g/mol. The number of carbonyl (C=O) groups is 1. The molecular formula is C12H18N2O3. The monoisotopic (exact) mass is 238 g/mol. The Balaban J connectivity index is 3.04. The van der Waals surface area contributed by atoms with Crippen LogP contribution in [0.2, 0.25) is 0 Å². The second-order valence-electron chi connectivity index (χ2n) is 3.98. The fourth-order valence-electron chi connectivity index (χ4n) is 1.64. The van der Waals surface area contributed by atoms with E-state index in [9.17, 15) is 4.79 Å². The quantitative estimate of drug-likeness (QED) is 0.816. The van der Waals surface area contributed by atoms with Crippen LogP contribution in [0.3, 0.4) is 0 Å². The normalized spacial score (nSPS) is 10.6. The van der Waals surface area contributed by atoms with E-state index in [0.717, 1.165) is 0 Å². The fourth-order valence-corrected chi connectivity index (χ4v) is 1.64. The van der Waals surface area contributed by atoms with Gasteiger partial charge in [0, 0.05) is 25.9 Å². The van der Waals surface area contributed by atoms with Crippen LogP contribution < -0.4 is 4.90 Å². The molecule has 0 saturated heterocycles. The molecule has 1 aromatic rings. The highest BCUT2D eigenvalue weighted by Gasteiger charge is 2.17. The third-order valence-corrected chi connectivity index (χ3v) is 2.50. The van der Waals surface area contributed by atoms with Gasteiger partial charge in [0.15, 0.2) is 0 Å². The number of carboxylic acids is 1. The lowest BCUT2D eigenvalue weighted by atomic mass is 10.2. The third kappa shape index (κ3) is 3.42. The van der Waals surface area contributed by atoms with Crippen LogP contribution in [0, 0.1) is 0 Å². The van der Waals surface area contributed by atoms with E-state index in [1.165, 1.54) is 12.3 Å². The maximum atomic E-state index is 11.1. The van der Waals surface area contributed by atoms with Crippen molar-refractivity contribution in [1.82, 2.24) is 4.98 Å². The van der Waals surface area contributed by atoms with Crippen LogP contribution in [0.25, 0.3) is 0 Å². The molecule has 1 N–H and O–H groups in total. The number of hydrogen-bond acceptors (Lipinski definition) is 4. The predicted octanol–water partition coefficient (Wildman–Crippen LogP) is 1.64. The van der Waals surface area contributed by atoms with Gasteiger partial charge in [-0.15, -0.1) is 0 Å². The summed E-state index contributed by atoms with van der Waals surface area (Å²) in [6.45, 7) is 5.20. The largest absolute Gasteiger partial charge is 0.478 e. The Morgan fingerprint density at radius 3 is 2.82 bits per heavy atom. The molecule has 0 radical (unpaired) electrons. The zero-order valence-electron chi connectivity index (χ0n) is 10.4. The zero-order valence-corrected chi connectivity index (χ0v) is 10.4. The Labute approximate surface area is 101 Å². The minimum absolute atomic E-state index is 0.187. The molecule has 0 aromatic carbocycles. The van der Waals surface area contributed by atoms with Gasteiger partial charge in [0.2, 0.25) is 0 Å². The summed E-state index contributed by atoms with van der Waals surface area (Å²) < 4.78 is 5.03. The molecule has 0 atom stereocenters. The standard InChI is InChI=1S/C12H18N2O3/c1-9(2)14(6-7-17-3)11-8-13-5-4-10(11)12(15)16/h4-5,8-9H,6-7H2,1-3H3,(H,15,16). The van der Waals surface area contributed by atoms with E-state index in [0.29, 0.717) is 18.8 Å². The Morgan fingerprint density at radius 2 is 2.29 bits per heavy atom. The molecule has 5 nitrogen and oxygen atoms in total. The first kappa shape index (κ1) is 13.4. The van der Waals surface area contributed by atoms with E-state index >= 15 is 0 Å². The Bertz CT molecular complexity index is 380. The first-order valence-electron chi connectivity index (χ1n) is 5.50. The summed E-state index contributed by atoms with van der Waals surface area (Å²) >= 11 is 0. The van der Waals surface area contributed by atoms with Crippen LogP contribution in [-0.4, -0.2) is 42.4 Å². The molecule has 1 rings (SSSR count). The number of nitrogens with zero attached hydrogens (tertiary/aromatic N) is 2. The highest BCUT2D eigenvalue weighted by molar-refractivity contribution is 5.94. The van der Waals surface area contributed by atoms with Gasteiger partial charge in [0.1, 0.15) is 0 Å². The number of carboxylic acid groups (broad SMARTS) is 1. The average Bonchev–Trinajstić information content (AvgIpc) is 2.29. The summed E-state index contributed by atoms with van der Waals surface area (Å²) in [5.74, 6) is -0.939. The van der Waals surface area contributed by atoms with Gasteiger partial charge in [-0.3, -0.25) is 4.98 Å². The van der Waals surface area contributed by atoms with Crippen molar-refractivity contribution in [1.29, 1.82) is 0 Å². The van der Waals surface area contributed by atoms with Crippen LogP contribution >= 0.6 is 0 Å². The van der Waals surface area contributed by atoms with Crippen molar-refractivity contribution in [3.8, 4) is 0 Å². The Hall–Kier alpha value is -1.62. The van der Waals surface area contributed by atoms with Gasteiger partial charge in [-0.2, -0.15) is 0 Å². The number of methoxy groups -OCH3 is 1. The molecule has 1 heterocycles. The van der Waals surface area contributed by atoms with E-state index in [2.05, 4.69) is 4.98 Å². The zero-order chi connectivity index (χ0) is 12.8. The summed E-state index contributed by atoms with van der Waals surface area (Å²) in [7, 11) is 1.62. The topological polar surface area (TPSA) is 62.7 Å². The molecule has 0 aliphatic heterocycles. The number of aromatic nitrogens is 1. The van der Waals surface area contributed by atoms with Gasteiger partial charge >= 0.3 is 5.97 Å². The number of anilines is 1. The van der Waals surface area contributed by atoms with Crippen molar-refractivity contribution >= 4 is 11.7 Å². The van der Waals surface area contributed by atoms with Crippen molar-refractivity contribution in [2.24, 2.45) is 0 Å². The number of rotatable bonds is 6. The number of pyridine rings is 1. The van der Waals surface area contributed by atoms with Gasteiger partial charge in [0.25, 0.3) is 0 Å². The maximum absolute atomic E-state index is 11.1. The van der Waals surface area contributed by atoms with Crippen LogP contribution in [0.4, 0.5) is 5.69 Å². The second kappa shape index (κ2) is 6.20. The maximum Gasteiger partial charge on any atom is 0.337 e. The molecule has 1 aromatic heterocycles. The Morgan fingerprint density at radius 1 is 1.59 bits per heavy atom. The second-order valence-corrected chi connectivity index (χ2v) is 3.98. The molecule has 5 heteroatoms. The predicted molar refractivity (Wildman–Crippen MR) is 65.6 cm³/mol. The van der Waals surface area contributed by atoms with E-state index in [4.69, 9.17) is 9.84 Å². The molecule has 0 bridgehead atoms. The molecule has 17 heavy (non-hydrogen) atoms. The van der Waals surface area contributed by atoms with Crippen molar-refractivity contribution < 1.29 is 14.6 Å². The first-order chi connectivity index (χ1) is 8.07. The van der Waals surface area contributed by atoms with Crippen molar-refractivity contribution in [2.75, 3.05) is 25.2 Å². The third-order valence-electron chi connectivity index (χ3n) is 2.50. The lowest BCUT2D eigenvalue weighted by Crippen LogP contribution is -2.35. The highest BCUT2D eigenvalue weighted by atomic mass is 16.5. The SMILES string of the molecule is COCCN(c1cnccc1C(=O)O)C(C)C. The van der Waals surface area contributed by atoms with E-state index in [-0.39, 0.29) is 11.6 Å². The fraction of sp³-hybridized carbons (Fsp3) is 0.500. The summed E-state index contributed by atoms with van der Waals surface area (Å²) in [4.78, 5) is 17.1. The molecule has 0 fully saturated rings. The minimum Gasteiger partial charge on any atom is -0.478 e. The van der Waals surface area contributed by atoms with Gasteiger partial charge < -0.3 is 14.7 Å². The summed E-state index contributed by atoms with van der Waals surface area (Å²) in [6, 6.07) is 1.70. The lowest BCUT2D eigenvalue weighted by Gasteiger charge is -2.29. The van der Waals surface area contributed by atoms with E-state index in [1.807, 2.05) is 18.7 Å². The Kier molecular flexibility index (Phi) is 4.90. The van der Waals surface area contributed by atoms with E-state index < -0.39 is 5.97 Å². The molecular weight excluding hydrogens is 220 g/mol. The van der Waals surface area contributed by atoms with Gasteiger partial charge in [-0.25, -0.2) is 4.79 Å². The summed E-state index contributed by atoms with van der Waals surface area (Å²) in [6.07, 6.45) is 3.07. The molecule has 94 valence electrons.